The SMILES string of the molecule is O=C1CCC(N2Cc3c(cccc3-n3cc(-c4ccc(Cl)cn4)nn3)C2=O)C(=O)N1. The number of imide groups is 1. The molecule has 0 bridgehead atoms. The van der Waals surface area contributed by atoms with Crippen molar-refractivity contribution in [3.05, 3.63) is 58.9 Å². The van der Waals surface area contributed by atoms with Crippen molar-refractivity contribution in [3.8, 4) is 17.1 Å². The average molecular weight is 423 g/mol. The average Bonchev–Trinajstić information content (AvgIpc) is 3.34. The maximum absolute atomic E-state index is 13.0. The van der Waals surface area contributed by atoms with Crippen molar-refractivity contribution in [2.45, 2.75) is 25.4 Å². The van der Waals surface area contributed by atoms with Gasteiger partial charge in [-0.2, -0.15) is 0 Å². The Kier molecular flexibility index (Phi) is 4.32. The minimum absolute atomic E-state index is 0.212. The van der Waals surface area contributed by atoms with Crippen molar-refractivity contribution < 1.29 is 14.4 Å². The zero-order valence-corrected chi connectivity index (χ0v) is 16.3. The van der Waals surface area contributed by atoms with Gasteiger partial charge in [-0.25, -0.2) is 4.68 Å². The Morgan fingerprint density at radius 2 is 1.97 bits per heavy atom. The summed E-state index contributed by atoms with van der Waals surface area (Å²) in [6.07, 6.45) is 3.79. The predicted molar refractivity (Wildman–Crippen MR) is 106 cm³/mol. The fourth-order valence-corrected chi connectivity index (χ4v) is 3.92. The van der Waals surface area contributed by atoms with Gasteiger partial charge in [-0.3, -0.25) is 24.7 Å². The number of carbonyl (C=O) groups is 3. The normalized spacial score (nSPS) is 18.5. The zero-order chi connectivity index (χ0) is 20.8. The molecule has 1 atom stereocenters. The van der Waals surface area contributed by atoms with Crippen molar-refractivity contribution in [1.82, 2.24) is 30.2 Å². The van der Waals surface area contributed by atoms with Gasteiger partial charge in [-0.05, 0) is 30.7 Å². The molecule has 0 aliphatic carbocycles. The lowest BCUT2D eigenvalue weighted by Gasteiger charge is -2.29. The van der Waals surface area contributed by atoms with E-state index < -0.39 is 11.9 Å². The molecule has 2 aliphatic rings. The molecule has 1 N–H and O–H groups in total. The summed E-state index contributed by atoms with van der Waals surface area (Å²) in [5.41, 5.74) is 3.16. The van der Waals surface area contributed by atoms with E-state index in [-0.39, 0.29) is 24.8 Å². The molecule has 2 aliphatic heterocycles. The first-order valence-electron chi connectivity index (χ1n) is 9.32. The Hall–Kier alpha value is -3.59. The predicted octanol–water partition coefficient (Wildman–Crippen LogP) is 1.74. The van der Waals surface area contributed by atoms with Gasteiger partial charge in [0.25, 0.3) is 5.91 Å². The van der Waals surface area contributed by atoms with Crippen LogP contribution in [0.5, 0.6) is 0 Å². The largest absolute Gasteiger partial charge is 0.322 e. The van der Waals surface area contributed by atoms with Crippen LogP contribution in [0.3, 0.4) is 0 Å². The fraction of sp³-hybridized carbons (Fsp3) is 0.200. The minimum Gasteiger partial charge on any atom is -0.322 e. The summed E-state index contributed by atoms with van der Waals surface area (Å²) >= 11 is 5.89. The van der Waals surface area contributed by atoms with E-state index in [1.54, 1.807) is 35.1 Å². The monoisotopic (exact) mass is 422 g/mol. The van der Waals surface area contributed by atoms with Crippen LogP contribution in [-0.2, 0) is 16.1 Å². The Labute approximate surface area is 175 Å². The highest BCUT2D eigenvalue weighted by molar-refractivity contribution is 6.30. The quantitative estimate of drug-likeness (QED) is 0.644. The van der Waals surface area contributed by atoms with E-state index in [9.17, 15) is 14.4 Å². The van der Waals surface area contributed by atoms with Crippen molar-refractivity contribution >= 4 is 29.3 Å². The molecule has 0 spiro atoms. The molecule has 0 saturated carbocycles. The maximum Gasteiger partial charge on any atom is 0.255 e. The number of nitrogens with one attached hydrogen (secondary N) is 1. The minimum atomic E-state index is -0.667. The number of hydrogen-bond donors (Lipinski definition) is 1. The van der Waals surface area contributed by atoms with Gasteiger partial charge in [-0.1, -0.05) is 22.9 Å². The standard InChI is InChI=1S/C20H15ClN6O3/c21-11-4-5-14(22-8-11)15-10-27(25-24-15)16-3-1-2-12-13(16)9-26(20(12)30)17-6-7-18(28)23-19(17)29/h1-5,8,10,17H,6-7,9H2,(H,23,28,29). The number of pyridine rings is 1. The second kappa shape index (κ2) is 7.03. The molecule has 3 amide bonds. The summed E-state index contributed by atoms with van der Waals surface area (Å²) in [5, 5.41) is 11.2. The Morgan fingerprint density at radius 1 is 1.10 bits per heavy atom. The summed E-state index contributed by atoms with van der Waals surface area (Å²) in [5.74, 6) is -0.987. The molecule has 9 nitrogen and oxygen atoms in total. The van der Waals surface area contributed by atoms with Gasteiger partial charge in [0.05, 0.1) is 22.6 Å². The van der Waals surface area contributed by atoms with E-state index in [1.165, 1.54) is 11.1 Å². The molecule has 0 radical (unpaired) electrons. The van der Waals surface area contributed by atoms with Crippen LogP contribution in [0.4, 0.5) is 0 Å². The van der Waals surface area contributed by atoms with Crippen LogP contribution in [0.15, 0.2) is 42.7 Å². The van der Waals surface area contributed by atoms with Crippen LogP contribution < -0.4 is 5.32 Å². The highest BCUT2D eigenvalue weighted by Gasteiger charge is 2.40. The van der Waals surface area contributed by atoms with Crippen molar-refractivity contribution in [2.75, 3.05) is 0 Å². The van der Waals surface area contributed by atoms with E-state index in [0.717, 1.165) is 5.56 Å². The molecule has 1 unspecified atom stereocenters. The Bertz CT molecular complexity index is 1190. The van der Waals surface area contributed by atoms with Gasteiger partial charge in [-0.15, -0.1) is 5.10 Å². The molecule has 2 aromatic heterocycles. The van der Waals surface area contributed by atoms with E-state index in [1.807, 2.05) is 6.07 Å². The molecular formula is C20H15ClN6O3. The molecule has 3 aromatic rings. The molecule has 10 heteroatoms. The van der Waals surface area contributed by atoms with Gasteiger partial charge in [0, 0.05) is 30.3 Å². The first-order valence-corrected chi connectivity index (χ1v) is 9.70. The number of halogens is 1. The number of rotatable bonds is 3. The summed E-state index contributed by atoms with van der Waals surface area (Å²) in [4.78, 5) is 42.4. The van der Waals surface area contributed by atoms with Crippen molar-refractivity contribution in [2.24, 2.45) is 0 Å². The number of hydrogen-bond acceptors (Lipinski definition) is 6. The van der Waals surface area contributed by atoms with Crippen LogP contribution in [0.2, 0.25) is 5.02 Å². The van der Waals surface area contributed by atoms with Crippen molar-refractivity contribution in [3.63, 3.8) is 0 Å². The number of piperidine rings is 1. The third kappa shape index (κ3) is 3.03. The molecule has 1 fully saturated rings. The molecule has 150 valence electrons. The van der Waals surface area contributed by atoms with Crippen molar-refractivity contribution in [1.29, 1.82) is 0 Å². The topological polar surface area (TPSA) is 110 Å². The second-order valence-electron chi connectivity index (χ2n) is 7.11. The maximum atomic E-state index is 13.0. The summed E-state index contributed by atoms with van der Waals surface area (Å²) in [6, 6.07) is 8.14. The number of carbonyl (C=O) groups excluding carboxylic acids is 3. The van der Waals surface area contributed by atoms with E-state index >= 15 is 0 Å². The number of nitrogens with zero attached hydrogens (tertiary/aromatic N) is 5. The third-order valence-corrected chi connectivity index (χ3v) is 5.51. The van der Waals surface area contributed by atoms with E-state index in [4.69, 9.17) is 11.6 Å². The lowest BCUT2D eigenvalue weighted by Crippen LogP contribution is -2.52. The smallest absolute Gasteiger partial charge is 0.255 e. The van der Waals surface area contributed by atoms with Crippen LogP contribution in [0, 0.1) is 0 Å². The van der Waals surface area contributed by atoms with E-state index in [0.29, 0.717) is 34.1 Å². The van der Waals surface area contributed by atoms with Crippen LogP contribution in [-0.4, -0.2) is 48.6 Å². The lowest BCUT2D eigenvalue weighted by atomic mass is 10.0. The Balaban J connectivity index is 1.47. The van der Waals surface area contributed by atoms with Crippen LogP contribution in [0.25, 0.3) is 17.1 Å². The first-order chi connectivity index (χ1) is 14.5. The zero-order valence-electron chi connectivity index (χ0n) is 15.6. The molecule has 30 heavy (non-hydrogen) atoms. The van der Waals surface area contributed by atoms with Gasteiger partial charge in [0.15, 0.2) is 0 Å². The second-order valence-corrected chi connectivity index (χ2v) is 7.55. The van der Waals surface area contributed by atoms with Gasteiger partial charge < -0.3 is 4.90 Å². The highest BCUT2D eigenvalue weighted by Crippen LogP contribution is 2.31. The first kappa shape index (κ1) is 18.4. The number of fused-ring (bicyclic) bond motifs is 1. The molecule has 1 saturated heterocycles. The fourth-order valence-electron chi connectivity index (χ4n) is 3.81. The number of benzene rings is 1. The number of amides is 3. The molecular weight excluding hydrogens is 408 g/mol. The number of aromatic nitrogens is 4. The van der Waals surface area contributed by atoms with E-state index in [2.05, 4.69) is 20.6 Å². The summed E-state index contributed by atoms with van der Waals surface area (Å²) in [7, 11) is 0. The molecule has 5 rings (SSSR count). The van der Waals surface area contributed by atoms with Crippen LogP contribution >= 0.6 is 11.6 Å². The molecule has 1 aromatic carbocycles. The van der Waals surface area contributed by atoms with Gasteiger partial charge >= 0.3 is 0 Å². The lowest BCUT2D eigenvalue weighted by molar-refractivity contribution is -0.136. The van der Waals surface area contributed by atoms with Gasteiger partial charge in [0.1, 0.15) is 11.7 Å². The highest BCUT2D eigenvalue weighted by atomic mass is 35.5. The van der Waals surface area contributed by atoms with Crippen LogP contribution in [0.1, 0.15) is 28.8 Å². The third-order valence-electron chi connectivity index (χ3n) is 5.29. The van der Waals surface area contributed by atoms with Gasteiger partial charge in [0.2, 0.25) is 11.8 Å². The summed E-state index contributed by atoms with van der Waals surface area (Å²) in [6.45, 7) is 0.255. The summed E-state index contributed by atoms with van der Waals surface area (Å²) < 4.78 is 1.59. The Morgan fingerprint density at radius 3 is 2.73 bits per heavy atom. The molecule has 4 heterocycles.